The van der Waals surface area contributed by atoms with Crippen molar-refractivity contribution < 1.29 is 0 Å². The molecule has 3 rings (SSSR count). The van der Waals surface area contributed by atoms with Crippen LogP contribution in [-0.4, -0.2) is 0 Å². The number of rotatable bonds is 7. The van der Waals surface area contributed by atoms with Crippen molar-refractivity contribution in [3.63, 3.8) is 0 Å². The molecule has 0 radical (unpaired) electrons. The van der Waals surface area contributed by atoms with Crippen LogP contribution < -0.4 is 5.32 Å². The molecule has 0 spiro atoms. The Bertz CT molecular complexity index is 655. The first-order valence-electron chi connectivity index (χ1n) is 8.80. The molecule has 0 saturated carbocycles. The molecule has 120 valence electrons. The Morgan fingerprint density at radius 3 is 2.70 bits per heavy atom. The number of allylic oxidation sites excluding steroid dienone is 2. The lowest BCUT2D eigenvalue weighted by molar-refractivity contribution is 0.566. The van der Waals surface area contributed by atoms with Gasteiger partial charge in [-0.3, -0.25) is 0 Å². The van der Waals surface area contributed by atoms with Gasteiger partial charge in [-0.1, -0.05) is 68.5 Å². The second-order valence-electron chi connectivity index (χ2n) is 6.87. The van der Waals surface area contributed by atoms with E-state index in [9.17, 15) is 0 Å². The maximum absolute atomic E-state index is 3.64. The van der Waals surface area contributed by atoms with E-state index in [0.717, 1.165) is 12.5 Å². The van der Waals surface area contributed by atoms with Gasteiger partial charge < -0.3 is 5.32 Å². The van der Waals surface area contributed by atoms with Crippen molar-refractivity contribution in [1.29, 1.82) is 0 Å². The lowest BCUT2D eigenvalue weighted by Crippen LogP contribution is -2.19. The molecule has 1 heteroatoms. The minimum Gasteiger partial charge on any atom is -0.381 e. The average Bonchev–Trinajstić information content (AvgIpc) is 2.53. The lowest BCUT2D eigenvalue weighted by Gasteiger charge is -2.33. The van der Waals surface area contributed by atoms with Crippen LogP contribution in [0.15, 0.2) is 60.7 Å². The van der Waals surface area contributed by atoms with Gasteiger partial charge in [-0.05, 0) is 53.9 Å². The van der Waals surface area contributed by atoms with Crippen LogP contribution in [0, 0.1) is 5.92 Å². The molecule has 1 N–H and O–H groups in total. The minimum absolute atomic E-state index is 0.659. The van der Waals surface area contributed by atoms with E-state index < -0.39 is 0 Å². The molecule has 0 amide bonds. The third kappa shape index (κ3) is 4.04. The van der Waals surface area contributed by atoms with Crippen LogP contribution in [0.4, 0.5) is 5.69 Å². The Labute approximate surface area is 140 Å². The highest BCUT2D eigenvalue weighted by Crippen LogP contribution is 2.43. The topological polar surface area (TPSA) is 12.0 Å². The first-order valence-corrected chi connectivity index (χ1v) is 8.80. The fourth-order valence-electron chi connectivity index (χ4n) is 3.37. The van der Waals surface area contributed by atoms with Gasteiger partial charge in [-0.25, -0.2) is 0 Å². The van der Waals surface area contributed by atoms with E-state index in [0.29, 0.717) is 5.92 Å². The first-order chi connectivity index (χ1) is 11.2. The fourth-order valence-corrected chi connectivity index (χ4v) is 3.37. The Morgan fingerprint density at radius 1 is 1.09 bits per heavy atom. The number of hydrogen-bond donors (Lipinski definition) is 1. The van der Waals surface area contributed by atoms with E-state index >= 15 is 0 Å². The molecule has 1 aliphatic carbocycles. The largest absolute Gasteiger partial charge is 0.381 e. The van der Waals surface area contributed by atoms with Gasteiger partial charge in [-0.15, -0.1) is 0 Å². The number of anilines is 1. The molecule has 1 atom stereocenters. The second-order valence-corrected chi connectivity index (χ2v) is 6.87. The van der Waals surface area contributed by atoms with E-state index in [1.165, 1.54) is 36.1 Å². The van der Waals surface area contributed by atoms with Gasteiger partial charge in [0.2, 0.25) is 0 Å². The fraction of sp³-hybridized carbons (Fsp3) is 0.364. The zero-order chi connectivity index (χ0) is 16.1. The van der Waals surface area contributed by atoms with Gasteiger partial charge in [0.25, 0.3) is 0 Å². The molecule has 0 aliphatic heterocycles. The zero-order valence-corrected chi connectivity index (χ0v) is 14.3. The molecule has 0 saturated heterocycles. The lowest BCUT2D eigenvalue weighted by atomic mass is 9.74. The van der Waals surface area contributed by atoms with Crippen molar-refractivity contribution in [2.24, 2.45) is 5.92 Å². The summed E-state index contributed by atoms with van der Waals surface area (Å²) in [6.45, 7) is 5.37. The SMILES string of the molecule is CC(C)/C=C\CCC1Cc2cccc(NCc3ccccc3)c21. The molecule has 1 unspecified atom stereocenters. The van der Waals surface area contributed by atoms with E-state index in [1.54, 1.807) is 5.56 Å². The Morgan fingerprint density at radius 2 is 1.91 bits per heavy atom. The highest BCUT2D eigenvalue weighted by Gasteiger charge is 2.27. The molecule has 2 aromatic carbocycles. The summed E-state index contributed by atoms with van der Waals surface area (Å²) in [6.07, 6.45) is 8.36. The van der Waals surface area contributed by atoms with Crippen LogP contribution in [-0.2, 0) is 13.0 Å². The van der Waals surface area contributed by atoms with Crippen LogP contribution >= 0.6 is 0 Å². The minimum atomic E-state index is 0.659. The van der Waals surface area contributed by atoms with E-state index in [2.05, 4.69) is 79.8 Å². The number of benzene rings is 2. The maximum atomic E-state index is 3.64. The maximum Gasteiger partial charge on any atom is 0.0400 e. The summed E-state index contributed by atoms with van der Waals surface area (Å²) in [6, 6.07) is 17.3. The van der Waals surface area contributed by atoms with Gasteiger partial charge in [0, 0.05) is 12.2 Å². The van der Waals surface area contributed by atoms with Crippen LogP contribution in [0.25, 0.3) is 0 Å². The molecule has 1 nitrogen and oxygen atoms in total. The summed E-state index contributed by atoms with van der Waals surface area (Å²) in [5.41, 5.74) is 5.75. The number of nitrogens with one attached hydrogen (secondary N) is 1. The highest BCUT2D eigenvalue weighted by atomic mass is 14.9. The summed E-state index contributed by atoms with van der Waals surface area (Å²) < 4.78 is 0. The predicted octanol–water partition coefficient (Wildman–Crippen LogP) is 5.93. The Balaban J connectivity index is 1.61. The van der Waals surface area contributed by atoms with Crippen molar-refractivity contribution in [2.75, 3.05) is 5.32 Å². The summed E-state index contributed by atoms with van der Waals surface area (Å²) >= 11 is 0. The predicted molar refractivity (Wildman–Crippen MR) is 99.9 cm³/mol. The van der Waals surface area contributed by atoms with E-state index in [1.807, 2.05) is 0 Å². The van der Waals surface area contributed by atoms with Gasteiger partial charge in [-0.2, -0.15) is 0 Å². The van der Waals surface area contributed by atoms with Crippen molar-refractivity contribution in [1.82, 2.24) is 0 Å². The Hall–Kier alpha value is -2.02. The summed E-state index contributed by atoms with van der Waals surface area (Å²) in [5.74, 6) is 1.38. The molecule has 1 aliphatic rings. The standard InChI is InChI=1S/C22H27N/c1-17(2)9-6-7-12-19-15-20-13-8-14-21(22(19)20)23-16-18-10-4-3-5-11-18/h3-6,8-11,13-14,17,19,23H,7,12,15-16H2,1-2H3/b9-6-. The molecular weight excluding hydrogens is 278 g/mol. The van der Waals surface area contributed by atoms with Crippen molar-refractivity contribution >= 4 is 5.69 Å². The van der Waals surface area contributed by atoms with Gasteiger partial charge >= 0.3 is 0 Å². The molecule has 0 heterocycles. The second kappa shape index (κ2) is 7.50. The van der Waals surface area contributed by atoms with E-state index in [-0.39, 0.29) is 0 Å². The molecule has 0 aromatic heterocycles. The quantitative estimate of drug-likeness (QED) is 0.625. The average molecular weight is 305 g/mol. The smallest absolute Gasteiger partial charge is 0.0400 e. The van der Waals surface area contributed by atoms with Crippen molar-refractivity contribution in [3.05, 3.63) is 77.4 Å². The zero-order valence-electron chi connectivity index (χ0n) is 14.3. The number of fused-ring (bicyclic) bond motifs is 1. The van der Waals surface area contributed by atoms with Crippen LogP contribution in [0.2, 0.25) is 0 Å². The molecule has 0 bridgehead atoms. The molecular formula is C22H27N. The third-order valence-corrected chi connectivity index (χ3v) is 4.60. The molecule has 0 fully saturated rings. The van der Waals surface area contributed by atoms with Crippen LogP contribution in [0.5, 0.6) is 0 Å². The molecule has 23 heavy (non-hydrogen) atoms. The first kappa shape index (κ1) is 15.9. The van der Waals surface area contributed by atoms with Gasteiger partial charge in [0.1, 0.15) is 0 Å². The summed E-state index contributed by atoms with van der Waals surface area (Å²) in [7, 11) is 0. The Kier molecular flexibility index (Phi) is 5.17. The molecule has 2 aromatic rings. The van der Waals surface area contributed by atoms with Crippen molar-refractivity contribution in [2.45, 2.75) is 45.6 Å². The normalized spacial score (nSPS) is 16.4. The highest BCUT2D eigenvalue weighted by molar-refractivity contribution is 5.61. The summed E-state index contributed by atoms with van der Waals surface area (Å²) in [4.78, 5) is 0. The third-order valence-electron chi connectivity index (χ3n) is 4.60. The monoisotopic (exact) mass is 305 g/mol. The van der Waals surface area contributed by atoms with Crippen LogP contribution in [0.1, 0.15) is 49.3 Å². The van der Waals surface area contributed by atoms with Crippen molar-refractivity contribution in [3.8, 4) is 0 Å². The number of hydrogen-bond acceptors (Lipinski definition) is 1. The summed E-state index contributed by atoms with van der Waals surface area (Å²) in [5, 5.41) is 3.64. The van der Waals surface area contributed by atoms with E-state index in [4.69, 9.17) is 0 Å². The van der Waals surface area contributed by atoms with Gasteiger partial charge in [0.05, 0.1) is 0 Å². The van der Waals surface area contributed by atoms with Crippen LogP contribution in [0.3, 0.4) is 0 Å². The van der Waals surface area contributed by atoms with Gasteiger partial charge in [0.15, 0.2) is 0 Å².